The lowest BCUT2D eigenvalue weighted by Gasteiger charge is -2.04. The van der Waals surface area contributed by atoms with Crippen LogP contribution in [0.1, 0.15) is 347 Å². The predicted octanol–water partition coefficient (Wildman–Crippen LogP) is 24.0. The van der Waals surface area contributed by atoms with E-state index in [9.17, 15) is 0 Å². The standard InChI is InChI=1S/C70H116N2/c1-4-7-10-12-14-16-18-20-22-24-26-28-30-32-34-36-38-40-42-44-46-48-50-52-54-66-57-61-68(62-58-66)71-65-70(56-9-6-3)72-69-63-59-67(60-64-69)55-53-51-49-47-45-43-41-39-37-35-33-31-29-27-25-23-21-19-17-15-13-11-8-5-2/h57-65H,4-51,56H2,1-3H3. The third kappa shape index (κ3) is 43.3. The molecule has 72 heavy (non-hydrogen) atoms. The van der Waals surface area contributed by atoms with Crippen molar-refractivity contribution in [3.05, 3.63) is 59.7 Å². The number of benzene rings is 2. The summed E-state index contributed by atoms with van der Waals surface area (Å²) in [7, 11) is 0. The van der Waals surface area contributed by atoms with Gasteiger partial charge in [-0.1, -0.05) is 321 Å². The first-order valence-electron chi connectivity index (χ1n) is 32.0. The average molecular weight is 986 g/mol. The molecule has 2 nitrogen and oxygen atoms in total. The van der Waals surface area contributed by atoms with Crippen LogP contribution in [0.4, 0.5) is 11.4 Å². The molecule has 0 aliphatic rings. The van der Waals surface area contributed by atoms with Crippen LogP contribution in [0, 0.1) is 23.7 Å². The second kappa shape index (κ2) is 52.8. The Labute approximate surface area is 449 Å². The van der Waals surface area contributed by atoms with E-state index < -0.39 is 0 Å². The van der Waals surface area contributed by atoms with Crippen molar-refractivity contribution in [2.45, 2.75) is 335 Å². The number of rotatable bonds is 50. The molecule has 0 bridgehead atoms. The van der Waals surface area contributed by atoms with Crippen LogP contribution in [0.15, 0.2) is 58.5 Å². The fourth-order valence-electron chi connectivity index (χ4n) is 10.0. The first-order valence-corrected chi connectivity index (χ1v) is 32.0. The molecule has 0 fully saturated rings. The summed E-state index contributed by atoms with van der Waals surface area (Å²) in [4.78, 5) is 9.79. The van der Waals surface area contributed by atoms with Crippen molar-refractivity contribution >= 4 is 23.3 Å². The lowest BCUT2D eigenvalue weighted by molar-refractivity contribution is 0.519. The first-order chi connectivity index (χ1) is 35.7. The number of unbranched alkanes of at least 4 members (excludes halogenated alkanes) is 45. The summed E-state index contributed by atoms with van der Waals surface area (Å²) in [6.07, 6.45) is 69.8. The number of nitrogens with zero attached hydrogens (tertiary/aromatic N) is 2. The maximum Gasteiger partial charge on any atom is 0.0634 e. The van der Waals surface area contributed by atoms with E-state index in [1.165, 1.54) is 283 Å². The molecule has 0 aliphatic carbocycles. The lowest BCUT2D eigenvalue weighted by Crippen LogP contribution is -1.99. The molecule has 0 saturated heterocycles. The van der Waals surface area contributed by atoms with Gasteiger partial charge in [-0.15, -0.1) is 0 Å². The van der Waals surface area contributed by atoms with Gasteiger partial charge in [-0.25, -0.2) is 0 Å². The second-order valence-corrected chi connectivity index (χ2v) is 22.0. The van der Waals surface area contributed by atoms with Crippen LogP contribution in [0.2, 0.25) is 0 Å². The first kappa shape index (κ1) is 65.0. The van der Waals surface area contributed by atoms with Crippen molar-refractivity contribution in [1.29, 1.82) is 0 Å². The molecular weight excluding hydrogens is 869 g/mol. The summed E-state index contributed by atoms with van der Waals surface area (Å²) in [5, 5.41) is 0. The highest BCUT2D eigenvalue weighted by Gasteiger charge is 2.01. The van der Waals surface area contributed by atoms with Gasteiger partial charge in [0.15, 0.2) is 0 Å². The molecule has 0 radical (unpaired) electrons. The van der Waals surface area contributed by atoms with Crippen LogP contribution in [0.25, 0.3) is 0 Å². The van der Waals surface area contributed by atoms with Crippen LogP contribution in [0.3, 0.4) is 0 Å². The van der Waals surface area contributed by atoms with Gasteiger partial charge in [-0.2, -0.15) is 0 Å². The van der Waals surface area contributed by atoms with Crippen molar-refractivity contribution < 1.29 is 0 Å². The molecule has 0 aromatic heterocycles. The Bertz CT molecular complexity index is 1620. The predicted molar refractivity (Wildman–Crippen MR) is 325 cm³/mol. The van der Waals surface area contributed by atoms with Gasteiger partial charge in [0.25, 0.3) is 0 Å². The molecule has 2 aromatic rings. The minimum atomic E-state index is 0.921. The number of hydrogen-bond acceptors (Lipinski definition) is 2. The molecule has 0 N–H and O–H groups in total. The smallest absolute Gasteiger partial charge is 0.0634 e. The molecule has 2 aromatic carbocycles. The Balaban J connectivity index is 1.47. The van der Waals surface area contributed by atoms with Gasteiger partial charge in [-0.05, 0) is 74.2 Å². The molecule has 0 heterocycles. The van der Waals surface area contributed by atoms with E-state index in [2.05, 4.69) is 93.0 Å². The van der Waals surface area contributed by atoms with Crippen molar-refractivity contribution in [2.75, 3.05) is 0 Å². The second-order valence-electron chi connectivity index (χ2n) is 22.0. The Morgan fingerprint density at radius 1 is 0.306 bits per heavy atom. The van der Waals surface area contributed by atoms with Gasteiger partial charge in [0.1, 0.15) is 0 Å². The Morgan fingerprint density at radius 2 is 0.556 bits per heavy atom. The monoisotopic (exact) mass is 985 g/mol. The van der Waals surface area contributed by atoms with Crippen LogP contribution in [-0.4, -0.2) is 11.9 Å². The van der Waals surface area contributed by atoms with E-state index in [1.807, 2.05) is 6.21 Å². The highest BCUT2D eigenvalue weighted by molar-refractivity contribution is 6.31. The molecule has 0 aliphatic heterocycles. The van der Waals surface area contributed by atoms with Crippen LogP contribution in [-0.2, 0) is 0 Å². The number of aliphatic imine (C=N–C) groups is 2. The molecule has 406 valence electrons. The number of hydrogen-bond donors (Lipinski definition) is 0. The average Bonchev–Trinajstić information content (AvgIpc) is 3.40. The zero-order valence-electron chi connectivity index (χ0n) is 48.2. The van der Waals surface area contributed by atoms with E-state index in [4.69, 9.17) is 9.98 Å². The lowest BCUT2D eigenvalue weighted by atomic mass is 10.0. The van der Waals surface area contributed by atoms with E-state index in [-0.39, 0.29) is 0 Å². The maximum absolute atomic E-state index is 4.98. The van der Waals surface area contributed by atoms with Gasteiger partial charge in [0, 0.05) is 30.2 Å². The van der Waals surface area contributed by atoms with E-state index in [0.717, 1.165) is 60.3 Å². The maximum atomic E-state index is 4.98. The molecule has 2 heteroatoms. The van der Waals surface area contributed by atoms with Gasteiger partial charge in [0.05, 0.1) is 17.1 Å². The van der Waals surface area contributed by atoms with Gasteiger partial charge in [0.2, 0.25) is 0 Å². The largest absolute Gasteiger partial charge is 0.255 e. The molecular formula is C70H116N2. The Kier molecular flexibility index (Phi) is 47.6. The highest BCUT2D eigenvalue weighted by atomic mass is 14.8. The third-order valence-corrected chi connectivity index (χ3v) is 14.9. The molecule has 0 atom stereocenters. The fraction of sp³-hybridized carbons (Fsp3) is 0.743. The van der Waals surface area contributed by atoms with Crippen LogP contribution < -0.4 is 0 Å². The SMILES string of the molecule is CCCCCCCCCCCCCCCCCCCCCCCCC#Cc1ccc(N=CC(CCCC)=Nc2ccc(C#CCCCCCCCCCCCCCCCCCCCCCCCC)cc2)cc1. The molecule has 0 spiro atoms. The summed E-state index contributed by atoms with van der Waals surface area (Å²) in [5.41, 5.74) is 5.08. The van der Waals surface area contributed by atoms with E-state index in [1.54, 1.807) is 0 Å². The van der Waals surface area contributed by atoms with E-state index in [0.29, 0.717) is 0 Å². The van der Waals surface area contributed by atoms with Gasteiger partial charge >= 0.3 is 0 Å². The zero-order valence-corrected chi connectivity index (χ0v) is 48.2. The van der Waals surface area contributed by atoms with Gasteiger partial charge < -0.3 is 0 Å². The third-order valence-electron chi connectivity index (χ3n) is 14.9. The zero-order chi connectivity index (χ0) is 51.1. The normalized spacial score (nSPS) is 11.6. The van der Waals surface area contributed by atoms with Crippen molar-refractivity contribution in [3.8, 4) is 23.7 Å². The summed E-state index contributed by atoms with van der Waals surface area (Å²) in [6, 6.07) is 16.8. The summed E-state index contributed by atoms with van der Waals surface area (Å²) in [5.74, 6) is 13.6. The minimum Gasteiger partial charge on any atom is -0.255 e. The molecule has 2 rings (SSSR count). The molecule has 0 amide bonds. The Morgan fingerprint density at radius 3 is 0.833 bits per heavy atom. The Hall–Kier alpha value is -3.10. The summed E-state index contributed by atoms with van der Waals surface area (Å²) >= 11 is 0. The summed E-state index contributed by atoms with van der Waals surface area (Å²) in [6.45, 7) is 6.84. The van der Waals surface area contributed by atoms with Crippen molar-refractivity contribution in [1.82, 2.24) is 0 Å². The van der Waals surface area contributed by atoms with Crippen LogP contribution in [0.5, 0.6) is 0 Å². The fourth-order valence-corrected chi connectivity index (χ4v) is 10.0. The summed E-state index contributed by atoms with van der Waals surface area (Å²) < 4.78 is 0. The quantitative estimate of drug-likeness (QED) is 0.0359. The van der Waals surface area contributed by atoms with Crippen LogP contribution >= 0.6 is 0 Å². The van der Waals surface area contributed by atoms with Crippen molar-refractivity contribution in [3.63, 3.8) is 0 Å². The van der Waals surface area contributed by atoms with E-state index >= 15 is 0 Å². The molecule has 0 saturated carbocycles. The van der Waals surface area contributed by atoms with Crippen molar-refractivity contribution in [2.24, 2.45) is 9.98 Å². The minimum absolute atomic E-state index is 0.921. The topological polar surface area (TPSA) is 24.7 Å². The van der Waals surface area contributed by atoms with Gasteiger partial charge in [-0.3, -0.25) is 9.98 Å². The highest BCUT2D eigenvalue weighted by Crippen LogP contribution is 2.20. The molecule has 0 unspecified atom stereocenters.